The topological polar surface area (TPSA) is 35.5 Å². The van der Waals surface area contributed by atoms with Gasteiger partial charge in [-0.15, -0.1) is 0 Å². The second-order valence-electron chi connectivity index (χ2n) is 7.39. The molecule has 3 nitrogen and oxygen atoms in total. The van der Waals surface area contributed by atoms with Gasteiger partial charge in [0.15, 0.2) is 0 Å². The highest BCUT2D eigenvalue weighted by molar-refractivity contribution is 5.96. The van der Waals surface area contributed by atoms with Crippen LogP contribution in [0.3, 0.4) is 0 Å². The predicted octanol–water partition coefficient (Wildman–Crippen LogP) is 6.29. The normalized spacial score (nSPS) is 17.2. The smallest absolute Gasteiger partial charge is 0.367 e. The molecule has 1 atom stereocenters. The van der Waals surface area contributed by atoms with Crippen molar-refractivity contribution < 1.29 is 18.7 Å². The van der Waals surface area contributed by atoms with Crippen molar-refractivity contribution in [3.63, 3.8) is 0 Å². The second kappa shape index (κ2) is 9.20. The molecule has 4 heteroatoms. The van der Waals surface area contributed by atoms with Gasteiger partial charge in [-0.3, -0.25) is 0 Å². The van der Waals surface area contributed by atoms with Crippen LogP contribution >= 0.6 is 0 Å². The highest BCUT2D eigenvalue weighted by Gasteiger charge is 2.25. The largest absolute Gasteiger partial charge is 0.493 e. The van der Waals surface area contributed by atoms with Gasteiger partial charge in [0.1, 0.15) is 5.75 Å². The minimum Gasteiger partial charge on any atom is -0.493 e. The van der Waals surface area contributed by atoms with Crippen molar-refractivity contribution in [2.75, 3.05) is 13.2 Å². The molecule has 0 bridgehead atoms. The minimum atomic E-state index is -0.929. The zero-order chi connectivity index (χ0) is 20.1. The Morgan fingerprint density at radius 3 is 2.59 bits per heavy atom. The van der Waals surface area contributed by atoms with E-state index in [0.717, 1.165) is 18.4 Å². The van der Waals surface area contributed by atoms with E-state index in [4.69, 9.17) is 9.47 Å². The van der Waals surface area contributed by atoms with Crippen LogP contribution in [0.4, 0.5) is 4.39 Å². The summed E-state index contributed by atoms with van der Waals surface area (Å²) in [5, 5.41) is 0. The molecule has 0 aliphatic heterocycles. The number of rotatable bonds is 7. The Kier molecular flexibility index (Phi) is 7.23. The van der Waals surface area contributed by atoms with Crippen molar-refractivity contribution in [2.24, 2.45) is 5.92 Å². The van der Waals surface area contributed by atoms with E-state index in [1.54, 1.807) is 13.8 Å². The van der Waals surface area contributed by atoms with Crippen LogP contribution in [0.1, 0.15) is 77.0 Å². The number of carbonyl (C=O) groups is 1. The number of halogens is 1. The molecule has 0 fully saturated rings. The maximum atomic E-state index is 14.7. The van der Waals surface area contributed by atoms with Crippen LogP contribution in [0.15, 0.2) is 24.0 Å². The summed E-state index contributed by atoms with van der Waals surface area (Å²) >= 11 is 0. The summed E-state index contributed by atoms with van der Waals surface area (Å²) in [5.74, 6) is -0.422. The van der Waals surface area contributed by atoms with E-state index in [2.05, 4.69) is 26.8 Å². The van der Waals surface area contributed by atoms with Gasteiger partial charge in [-0.25, -0.2) is 4.79 Å². The van der Waals surface area contributed by atoms with Crippen molar-refractivity contribution in [1.29, 1.82) is 0 Å². The zero-order valence-electron chi connectivity index (χ0n) is 17.3. The Morgan fingerprint density at radius 1 is 1.30 bits per heavy atom. The summed E-state index contributed by atoms with van der Waals surface area (Å²) in [6.45, 7) is 12.5. The Bertz CT molecular complexity index is 759. The number of hydrogen-bond acceptors (Lipinski definition) is 3. The van der Waals surface area contributed by atoms with Gasteiger partial charge < -0.3 is 9.47 Å². The molecule has 1 aliphatic carbocycles. The third-order valence-electron chi connectivity index (χ3n) is 4.96. The molecule has 2 rings (SSSR count). The number of carbonyl (C=O) groups excluding carboxylic acids is 1. The summed E-state index contributed by atoms with van der Waals surface area (Å²) in [7, 11) is 0. The third-order valence-corrected chi connectivity index (χ3v) is 4.96. The first-order valence-corrected chi connectivity index (χ1v) is 9.86. The summed E-state index contributed by atoms with van der Waals surface area (Å²) in [4.78, 5) is 11.9. The van der Waals surface area contributed by atoms with Crippen LogP contribution in [0.5, 0.6) is 5.75 Å². The molecule has 0 aromatic heterocycles. The number of benzene rings is 1. The van der Waals surface area contributed by atoms with Crippen LogP contribution in [0, 0.1) is 5.92 Å². The van der Waals surface area contributed by atoms with Crippen LogP contribution < -0.4 is 4.74 Å². The van der Waals surface area contributed by atoms with E-state index in [-0.39, 0.29) is 12.2 Å². The van der Waals surface area contributed by atoms with Crippen molar-refractivity contribution in [1.82, 2.24) is 0 Å². The number of ether oxygens (including phenoxy) is 2. The second-order valence-corrected chi connectivity index (χ2v) is 7.39. The molecule has 27 heavy (non-hydrogen) atoms. The van der Waals surface area contributed by atoms with Gasteiger partial charge in [-0.1, -0.05) is 33.8 Å². The lowest BCUT2D eigenvalue weighted by Crippen LogP contribution is -2.11. The quantitative estimate of drug-likeness (QED) is 0.416. The monoisotopic (exact) mass is 374 g/mol. The Balaban J connectivity index is 2.65. The standard InChI is InChI=1S/C23H31FO3/c1-7-11-27-21-13-18-15(5)9-10-17(14(3)4)20(18)12-19(21)16(6)22(24)23(25)26-8-2/h10,12-15H,7-9,11H2,1-6H3/b22-16+. The molecule has 148 valence electrons. The van der Waals surface area contributed by atoms with E-state index >= 15 is 0 Å². The molecule has 1 aliphatic rings. The minimum absolute atomic E-state index is 0.140. The fraction of sp³-hybridized carbons (Fsp3) is 0.522. The van der Waals surface area contributed by atoms with E-state index in [9.17, 15) is 9.18 Å². The number of fused-ring (bicyclic) bond motifs is 1. The van der Waals surface area contributed by atoms with Gasteiger partial charge in [0.2, 0.25) is 5.83 Å². The Hall–Kier alpha value is -2.10. The maximum absolute atomic E-state index is 14.7. The summed E-state index contributed by atoms with van der Waals surface area (Å²) in [5.41, 5.74) is 4.48. The predicted molar refractivity (Wildman–Crippen MR) is 108 cm³/mol. The maximum Gasteiger partial charge on any atom is 0.367 e. The highest BCUT2D eigenvalue weighted by Crippen LogP contribution is 2.43. The van der Waals surface area contributed by atoms with Crippen LogP contribution in [-0.4, -0.2) is 19.2 Å². The van der Waals surface area contributed by atoms with Crippen molar-refractivity contribution in [3.8, 4) is 5.75 Å². The third kappa shape index (κ3) is 4.60. The molecule has 0 saturated heterocycles. The molecular formula is C23H31FO3. The van der Waals surface area contributed by atoms with Crippen molar-refractivity contribution in [2.45, 2.75) is 60.3 Å². The lowest BCUT2D eigenvalue weighted by Gasteiger charge is -2.27. The van der Waals surface area contributed by atoms with Crippen molar-refractivity contribution in [3.05, 3.63) is 40.7 Å². The molecule has 0 spiro atoms. The van der Waals surface area contributed by atoms with Gasteiger partial charge in [0.25, 0.3) is 0 Å². The Morgan fingerprint density at radius 2 is 2.00 bits per heavy atom. The Labute approximate surface area is 162 Å². The molecule has 1 aromatic rings. The first kappa shape index (κ1) is 21.2. The van der Waals surface area contributed by atoms with Gasteiger partial charge in [-0.2, -0.15) is 4.39 Å². The molecule has 0 saturated carbocycles. The fourth-order valence-electron chi connectivity index (χ4n) is 3.43. The first-order valence-electron chi connectivity index (χ1n) is 9.86. The average Bonchev–Trinajstić information content (AvgIpc) is 2.64. The highest BCUT2D eigenvalue weighted by atomic mass is 19.1. The van der Waals surface area contributed by atoms with Crippen LogP contribution in [-0.2, 0) is 9.53 Å². The van der Waals surface area contributed by atoms with Crippen molar-refractivity contribution >= 4 is 17.1 Å². The first-order chi connectivity index (χ1) is 12.8. The average molecular weight is 374 g/mol. The van der Waals surface area contributed by atoms with E-state index in [1.807, 2.05) is 19.1 Å². The molecule has 0 radical (unpaired) electrons. The fourth-order valence-corrected chi connectivity index (χ4v) is 3.43. The van der Waals surface area contributed by atoms with E-state index in [1.165, 1.54) is 11.1 Å². The number of allylic oxidation sites excluding steroid dienone is 3. The lowest BCUT2D eigenvalue weighted by molar-refractivity contribution is -0.140. The van der Waals surface area contributed by atoms with Gasteiger partial charge >= 0.3 is 5.97 Å². The summed E-state index contributed by atoms with van der Waals surface area (Å²) < 4.78 is 25.4. The number of esters is 1. The molecular weight excluding hydrogens is 343 g/mol. The van der Waals surface area contributed by atoms with E-state index < -0.39 is 11.8 Å². The number of hydrogen-bond donors (Lipinski definition) is 0. The lowest BCUT2D eigenvalue weighted by atomic mass is 9.79. The molecule has 0 heterocycles. The van der Waals surface area contributed by atoms with Gasteiger partial charge in [0.05, 0.1) is 13.2 Å². The molecule has 0 N–H and O–H groups in total. The molecule has 1 aromatic carbocycles. The molecule has 0 amide bonds. The zero-order valence-corrected chi connectivity index (χ0v) is 17.3. The SMILES string of the molecule is CCCOc1cc2c(cc1/C(C)=C(/F)C(=O)OCC)C(C(C)C)=CCC2C. The van der Waals surface area contributed by atoms with Gasteiger partial charge in [0, 0.05) is 11.1 Å². The summed E-state index contributed by atoms with van der Waals surface area (Å²) in [6, 6.07) is 4.01. The summed E-state index contributed by atoms with van der Waals surface area (Å²) in [6.07, 6.45) is 4.11. The van der Waals surface area contributed by atoms with Crippen LogP contribution in [0.2, 0.25) is 0 Å². The molecule has 1 unspecified atom stereocenters. The van der Waals surface area contributed by atoms with Crippen LogP contribution in [0.25, 0.3) is 11.1 Å². The van der Waals surface area contributed by atoms with Gasteiger partial charge in [-0.05, 0) is 67.4 Å². The van der Waals surface area contributed by atoms with E-state index in [0.29, 0.717) is 29.8 Å².